The Kier molecular flexibility index (Phi) is 3.87. The van der Waals surface area contributed by atoms with Crippen LogP contribution >= 0.6 is 0 Å². The molecule has 3 aromatic rings. The summed E-state index contributed by atoms with van der Waals surface area (Å²) in [5.74, 6) is 0.903. The minimum Gasteiger partial charge on any atom is -0.459 e. The molecule has 0 aliphatic carbocycles. The molecule has 0 aliphatic heterocycles. The third-order valence-electron chi connectivity index (χ3n) is 3.05. The summed E-state index contributed by atoms with van der Waals surface area (Å²) in [4.78, 5) is 16.4. The Labute approximate surface area is 127 Å². The molecule has 0 saturated carbocycles. The molecule has 1 N–H and O–H groups in total. The Bertz CT molecular complexity index is 781. The molecule has 0 aliphatic rings. The first-order chi connectivity index (χ1) is 10.7. The van der Waals surface area contributed by atoms with Gasteiger partial charge in [-0.1, -0.05) is 18.2 Å². The van der Waals surface area contributed by atoms with Crippen molar-refractivity contribution in [2.45, 2.75) is 6.92 Å². The standard InChI is InChI=1S/C17H14N2O3/c1-12-9-11-21-15(12)16(20)19-14-8-5-10-18-17(14)22-13-6-3-2-4-7-13/h2-11H,1H3,(H,19,20). The number of anilines is 1. The van der Waals surface area contributed by atoms with Crippen molar-refractivity contribution in [3.05, 3.63) is 72.3 Å². The van der Waals surface area contributed by atoms with Crippen LogP contribution in [0.25, 0.3) is 0 Å². The van der Waals surface area contributed by atoms with E-state index < -0.39 is 0 Å². The summed E-state index contributed by atoms with van der Waals surface area (Å²) in [6.45, 7) is 1.81. The maximum atomic E-state index is 12.2. The van der Waals surface area contributed by atoms with Crippen LogP contribution in [0.15, 0.2) is 65.4 Å². The molecule has 3 rings (SSSR count). The van der Waals surface area contributed by atoms with E-state index >= 15 is 0 Å². The van der Waals surface area contributed by atoms with Crippen molar-refractivity contribution in [3.63, 3.8) is 0 Å². The topological polar surface area (TPSA) is 64.4 Å². The zero-order valence-corrected chi connectivity index (χ0v) is 11.9. The van der Waals surface area contributed by atoms with E-state index in [1.54, 1.807) is 24.4 Å². The number of nitrogens with one attached hydrogen (secondary N) is 1. The second-order valence-corrected chi connectivity index (χ2v) is 4.66. The number of nitrogens with zero attached hydrogens (tertiary/aromatic N) is 1. The van der Waals surface area contributed by atoms with Gasteiger partial charge in [0.2, 0.25) is 5.88 Å². The zero-order chi connectivity index (χ0) is 15.4. The number of furan rings is 1. The maximum absolute atomic E-state index is 12.2. The van der Waals surface area contributed by atoms with Crippen LogP contribution in [0, 0.1) is 6.92 Å². The van der Waals surface area contributed by atoms with Gasteiger partial charge in [0.15, 0.2) is 5.76 Å². The number of ether oxygens (including phenoxy) is 1. The largest absolute Gasteiger partial charge is 0.459 e. The third-order valence-corrected chi connectivity index (χ3v) is 3.05. The SMILES string of the molecule is Cc1ccoc1C(=O)Nc1cccnc1Oc1ccccc1. The highest BCUT2D eigenvalue weighted by molar-refractivity contribution is 6.03. The number of carbonyl (C=O) groups excluding carboxylic acids is 1. The van der Waals surface area contributed by atoms with Crippen molar-refractivity contribution in [1.82, 2.24) is 4.98 Å². The van der Waals surface area contributed by atoms with E-state index in [0.29, 0.717) is 17.3 Å². The quantitative estimate of drug-likeness (QED) is 0.789. The minimum atomic E-state index is -0.339. The minimum absolute atomic E-state index is 0.273. The van der Waals surface area contributed by atoms with E-state index in [9.17, 15) is 4.79 Å². The highest BCUT2D eigenvalue weighted by Crippen LogP contribution is 2.27. The molecule has 0 unspecified atom stereocenters. The van der Waals surface area contributed by atoms with Gasteiger partial charge in [-0.2, -0.15) is 0 Å². The molecule has 1 amide bonds. The number of pyridine rings is 1. The fourth-order valence-corrected chi connectivity index (χ4v) is 1.95. The van der Waals surface area contributed by atoms with Gasteiger partial charge in [0.05, 0.1) is 6.26 Å². The van der Waals surface area contributed by atoms with Gasteiger partial charge in [0.25, 0.3) is 5.91 Å². The molecule has 22 heavy (non-hydrogen) atoms. The number of hydrogen-bond acceptors (Lipinski definition) is 4. The maximum Gasteiger partial charge on any atom is 0.291 e. The van der Waals surface area contributed by atoms with Crippen molar-refractivity contribution in [3.8, 4) is 11.6 Å². The molecule has 0 spiro atoms. The molecule has 5 heteroatoms. The van der Waals surface area contributed by atoms with Crippen molar-refractivity contribution in [2.75, 3.05) is 5.32 Å². The molecular weight excluding hydrogens is 280 g/mol. The summed E-state index contributed by atoms with van der Waals surface area (Å²) in [7, 11) is 0. The lowest BCUT2D eigenvalue weighted by atomic mass is 10.2. The van der Waals surface area contributed by atoms with E-state index in [0.717, 1.165) is 5.56 Å². The normalized spacial score (nSPS) is 10.2. The van der Waals surface area contributed by atoms with E-state index in [4.69, 9.17) is 9.15 Å². The zero-order valence-electron chi connectivity index (χ0n) is 11.9. The van der Waals surface area contributed by atoms with Gasteiger partial charge >= 0.3 is 0 Å². The van der Waals surface area contributed by atoms with Gasteiger partial charge in [0.1, 0.15) is 11.4 Å². The second-order valence-electron chi connectivity index (χ2n) is 4.66. The summed E-state index contributed by atoms with van der Waals surface area (Å²) in [5.41, 5.74) is 1.25. The molecule has 1 aromatic carbocycles. The fourth-order valence-electron chi connectivity index (χ4n) is 1.95. The fraction of sp³-hybridized carbons (Fsp3) is 0.0588. The molecule has 0 fully saturated rings. The van der Waals surface area contributed by atoms with E-state index in [1.807, 2.05) is 37.3 Å². The number of para-hydroxylation sites is 1. The van der Waals surface area contributed by atoms with E-state index in [-0.39, 0.29) is 11.7 Å². The average molecular weight is 294 g/mol. The number of carbonyl (C=O) groups is 1. The monoisotopic (exact) mass is 294 g/mol. The first-order valence-electron chi connectivity index (χ1n) is 6.77. The van der Waals surface area contributed by atoms with Gasteiger partial charge in [-0.15, -0.1) is 0 Å². The van der Waals surface area contributed by atoms with E-state index in [2.05, 4.69) is 10.3 Å². The van der Waals surface area contributed by atoms with Crippen LogP contribution in [-0.4, -0.2) is 10.9 Å². The van der Waals surface area contributed by atoms with Crippen molar-refractivity contribution in [1.29, 1.82) is 0 Å². The number of hydrogen-bond donors (Lipinski definition) is 1. The number of amides is 1. The average Bonchev–Trinajstić information content (AvgIpc) is 2.96. The Hall–Kier alpha value is -3.08. The van der Waals surface area contributed by atoms with Crippen LogP contribution in [0.1, 0.15) is 16.1 Å². The van der Waals surface area contributed by atoms with Gasteiger partial charge in [0, 0.05) is 11.8 Å². The van der Waals surface area contributed by atoms with Crippen molar-refractivity contribution < 1.29 is 13.9 Å². The Morgan fingerprint density at radius 3 is 2.68 bits per heavy atom. The van der Waals surface area contributed by atoms with Crippen LogP contribution in [-0.2, 0) is 0 Å². The van der Waals surface area contributed by atoms with Crippen LogP contribution in [0.3, 0.4) is 0 Å². The van der Waals surface area contributed by atoms with Crippen LogP contribution in [0.2, 0.25) is 0 Å². The molecule has 0 bridgehead atoms. The van der Waals surface area contributed by atoms with Gasteiger partial charge < -0.3 is 14.5 Å². The molecule has 0 radical (unpaired) electrons. The predicted molar refractivity (Wildman–Crippen MR) is 82.2 cm³/mol. The molecule has 0 saturated heterocycles. The van der Waals surface area contributed by atoms with Crippen LogP contribution in [0.4, 0.5) is 5.69 Å². The number of benzene rings is 1. The highest BCUT2D eigenvalue weighted by Gasteiger charge is 2.15. The number of rotatable bonds is 4. The summed E-state index contributed by atoms with van der Waals surface area (Å²) in [5, 5.41) is 2.75. The lowest BCUT2D eigenvalue weighted by molar-refractivity contribution is 0.0995. The highest BCUT2D eigenvalue weighted by atomic mass is 16.5. The van der Waals surface area contributed by atoms with Crippen LogP contribution < -0.4 is 10.1 Å². The van der Waals surface area contributed by atoms with E-state index in [1.165, 1.54) is 6.26 Å². The van der Waals surface area contributed by atoms with Gasteiger partial charge in [-0.05, 0) is 37.3 Å². The lowest BCUT2D eigenvalue weighted by Crippen LogP contribution is -2.13. The molecular formula is C17H14N2O3. The Morgan fingerprint density at radius 2 is 1.95 bits per heavy atom. The molecule has 2 aromatic heterocycles. The molecule has 0 atom stereocenters. The number of aryl methyl sites for hydroxylation is 1. The van der Waals surface area contributed by atoms with Crippen molar-refractivity contribution >= 4 is 11.6 Å². The molecule has 5 nitrogen and oxygen atoms in total. The second kappa shape index (κ2) is 6.13. The van der Waals surface area contributed by atoms with Crippen LogP contribution in [0.5, 0.6) is 11.6 Å². The first-order valence-corrected chi connectivity index (χ1v) is 6.77. The summed E-state index contributed by atoms with van der Waals surface area (Å²) in [6, 6.07) is 14.4. The lowest BCUT2D eigenvalue weighted by Gasteiger charge is -2.10. The summed E-state index contributed by atoms with van der Waals surface area (Å²) >= 11 is 0. The Morgan fingerprint density at radius 1 is 1.14 bits per heavy atom. The third kappa shape index (κ3) is 2.98. The smallest absolute Gasteiger partial charge is 0.291 e. The Balaban J connectivity index is 1.83. The molecule has 2 heterocycles. The molecule has 110 valence electrons. The first kappa shape index (κ1) is 13.9. The van der Waals surface area contributed by atoms with Gasteiger partial charge in [-0.3, -0.25) is 4.79 Å². The van der Waals surface area contributed by atoms with Gasteiger partial charge in [-0.25, -0.2) is 4.98 Å². The summed E-state index contributed by atoms with van der Waals surface area (Å²) < 4.78 is 10.9. The summed E-state index contributed by atoms with van der Waals surface area (Å²) in [6.07, 6.45) is 3.08. The van der Waals surface area contributed by atoms with Crippen molar-refractivity contribution in [2.24, 2.45) is 0 Å². The number of aromatic nitrogens is 1. The predicted octanol–water partition coefficient (Wildman–Crippen LogP) is 4.03.